The second-order valence-electron chi connectivity index (χ2n) is 4.85. The minimum absolute atomic E-state index is 0.0340. The first kappa shape index (κ1) is 14.4. The molecule has 2 aromatic rings. The van der Waals surface area contributed by atoms with Gasteiger partial charge in [0.1, 0.15) is 5.82 Å². The molecule has 8 heteroatoms. The van der Waals surface area contributed by atoms with Crippen LogP contribution in [0.1, 0.15) is 18.4 Å². The number of hydrogen-bond donors (Lipinski definition) is 2. The van der Waals surface area contributed by atoms with Gasteiger partial charge in [0, 0.05) is 29.7 Å². The van der Waals surface area contributed by atoms with Crippen LogP contribution in [0.4, 0.5) is 9.52 Å². The van der Waals surface area contributed by atoms with Gasteiger partial charge in [-0.3, -0.25) is 4.72 Å². The lowest BCUT2D eigenvalue weighted by molar-refractivity contribution is 0.581. The van der Waals surface area contributed by atoms with E-state index in [1.165, 1.54) is 35.7 Å². The number of aromatic nitrogens is 1. The SMILES string of the molecule is O=S(=O)(Nc1nccs1)c1ccc(F)c(CNC2CC2)c1. The first-order chi connectivity index (χ1) is 10.0. The lowest BCUT2D eigenvalue weighted by atomic mass is 10.2. The van der Waals surface area contributed by atoms with Crippen molar-refractivity contribution >= 4 is 26.5 Å². The van der Waals surface area contributed by atoms with Gasteiger partial charge in [0.05, 0.1) is 4.90 Å². The fourth-order valence-corrected chi connectivity index (χ4v) is 3.68. The highest BCUT2D eigenvalue weighted by Gasteiger charge is 2.22. The molecule has 112 valence electrons. The predicted octanol–water partition coefficient (Wildman–Crippen LogP) is 2.33. The molecule has 1 aromatic heterocycles. The molecule has 0 atom stereocenters. The smallest absolute Gasteiger partial charge is 0.263 e. The third-order valence-electron chi connectivity index (χ3n) is 3.14. The molecule has 1 aliphatic rings. The molecule has 1 saturated carbocycles. The molecule has 0 bridgehead atoms. The summed E-state index contributed by atoms with van der Waals surface area (Å²) in [5.41, 5.74) is 0.351. The Kier molecular flexibility index (Phi) is 3.92. The molecule has 5 nitrogen and oxygen atoms in total. The van der Waals surface area contributed by atoms with Crippen molar-refractivity contribution in [1.29, 1.82) is 0 Å². The maximum absolute atomic E-state index is 13.7. The van der Waals surface area contributed by atoms with E-state index in [1.54, 1.807) is 5.38 Å². The van der Waals surface area contributed by atoms with Crippen molar-refractivity contribution in [2.24, 2.45) is 0 Å². The topological polar surface area (TPSA) is 71.1 Å². The van der Waals surface area contributed by atoms with Crippen molar-refractivity contribution < 1.29 is 12.8 Å². The Morgan fingerprint density at radius 2 is 2.19 bits per heavy atom. The van der Waals surface area contributed by atoms with Gasteiger partial charge in [0.25, 0.3) is 10.0 Å². The van der Waals surface area contributed by atoms with Gasteiger partial charge in [0.2, 0.25) is 0 Å². The number of thiazole rings is 1. The van der Waals surface area contributed by atoms with Crippen molar-refractivity contribution in [1.82, 2.24) is 10.3 Å². The van der Waals surface area contributed by atoms with Crippen LogP contribution in [0.15, 0.2) is 34.7 Å². The average Bonchev–Trinajstić information content (AvgIpc) is 3.14. The maximum atomic E-state index is 13.7. The van der Waals surface area contributed by atoms with Crippen molar-refractivity contribution in [3.63, 3.8) is 0 Å². The largest absolute Gasteiger partial charge is 0.310 e. The molecular formula is C13H14FN3O2S2. The molecule has 21 heavy (non-hydrogen) atoms. The summed E-state index contributed by atoms with van der Waals surface area (Å²) >= 11 is 1.19. The summed E-state index contributed by atoms with van der Waals surface area (Å²) < 4.78 is 40.6. The number of anilines is 1. The van der Waals surface area contributed by atoms with E-state index in [-0.39, 0.29) is 10.0 Å². The summed E-state index contributed by atoms with van der Waals surface area (Å²) in [4.78, 5) is 3.91. The highest BCUT2D eigenvalue weighted by Crippen LogP contribution is 2.22. The molecule has 0 saturated heterocycles. The van der Waals surface area contributed by atoms with Crippen LogP contribution in [0, 0.1) is 5.82 Å². The summed E-state index contributed by atoms with van der Waals surface area (Å²) in [6.45, 7) is 0.330. The fourth-order valence-electron chi connectivity index (χ4n) is 1.84. The molecule has 0 spiro atoms. The number of halogens is 1. The second kappa shape index (κ2) is 5.70. The average molecular weight is 327 g/mol. The van der Waals surface area contributed by atoms with Crippen LogP contribution in [0.25, 0.3) is 0 Å². The van der Waals surface area contributed by atoms with Gasteiger partial charge in [-0.1, -0.05) is 0 Å². The van der Waals surface area contributed by atoms with Crippen LogP contribution < -0.4 is 10.0 Å². The first-order valence-corrected chi connectivity index (χ1v) is 8.85. The van der Waals surface area contributed by atoms with Crippen LogP contribution in [-0.4, -0.2) is 19.4 Å². The van der Waals surface area contributed by atoms with E-state index < -0.39 is 15.8 Å². The zero-order chi connectivity index (χ0) is 14.9. The van der Waals surface area contributed by atoms with Gasteiger partial charge in [0.15, 0.2) is 5.13 Å². The van der Waals surface area contributed by atoms with E-state index in [1.807, 2.05) is 0 Å². The molecule has 3 rings (SSSR count). The standard InChI is InChI=1S/C13H14FN3O2S2/c14-12-4-3-11(7-9(12)8-16-10-1-2-10)21(18,19)17-13-15-5-6-20-13/h3-7,10,16H,1-2,8H2,(H,15,17). The minimum Gasteiger partial charge on any atom is -0.310 e. The maximum Gasteiger partial charge on any atom is 0.263 e. The summed E-state index contributed by atoms with van der Waals surface area (Å²) in [6, 6.07) is 4.23. The Labute approximate surface area is 126 Å². The lowest BCUT2D eigenvalue weighted by Gasteiger charge is -2.09. The van der Waals surface area contributed by atoms with Gasteiger partial charge in [-0.2, -0.15) is 0 Å². The summed E-state index contributed by atoms with van der Waals surface area (Å²) in [5.74, 6) is -0.406. The third-order valence-corrected chi connectivity index (χ3v) is 5.29. The number of sulfonamides is 1. The second-order valence-corrected chi connectivity index (χ2v) is 7.43. The van der Waals surface area contributed by atoms with Crippen molar-refractivity contribution in [3.05, 3.63) is 41.2 Å². The third kappa shape index (κ3) is 3.58. The highest BCUT2D eigenvalue weighted by atomic mass is 32.2. The van der Waals surface area contributed by atoms with E-state index >= 15 is 0 Å². The zero-order valence-corrected chi connectivity index (χ0v) is 12.7. The Bertz CT molecular complexity index is 728. The van der Waals surface area contributed by atoms with E-state index in [0.717, 1.165) is 12.8 Å². The highest BCUT2D eigenvalue weighted by molar-refractivity contribution is 7.93. The number of benzene rings is 1. The van der Waals surface area contributed by atoms with Gasteiger partial charge >= 0.3 is 0 Å². The number of nitrogens with one attached hydrogen (secondary N) is 2. The van der Waals surface area contributed by atoms with Crippen molar-refractivity contribution in [2.45, 2.75) is 30.3 Å². The van der Waals surface area contributed by atoms with Crippen LogP contribution in [0.5, 0.6) is 0 Å². The Hall–Kier alpha value is -1.51. The summed E-state index contributed by atoms with van der Waals surface area (Å²) in [5, 5.41) is 5.14. The minimum atomic E-state index is -3.74. The summed E-state index contributed by atoms with van der Waals surface area (Å²) in [7, 11) is -3.74. The normalized spacial score (nSPS) is 15.1. The van der Waals surface area contributed by atoms with Crippen LogP contribution in [0.2, 0.25) is 0 Å². The number of nitrogens with zero attached hydrogens (tertiary/aromatic N) is 1. The predicted molar refractivity (Wildman–Crippen MR) is 79.2 cm³/mol. The molecular weight excluding hydrogens is 313 g/mol. The molecule has 0 amide bonds. The Morgan fingerprint density at radius 1 is 1.38 bits per heavy atom. The van der Waals surface area contributed by atoms with Gasteiger partial charge in [-0.15, -0.1) is 11.3 Å². The van der Waals surface area contributed by atoms with Crippen LogP contribution in [0.3, 0.4) is 0 Å². The Morgan fingerprint density at radius 3 is 2.86 bits per heavy atom. The van der Waals surface area contributed by atoms with Gasteiger partial charge in [-0.25, -0.2) is 17.8 Å². The van der Waals surface area contributed by atoms with Crippen molar-refractivity contribution in [3.8, 4) is 0 Å². The Balaban J connectivity index is 1.81. The van der Waals surface area contributed by atoms with E-state index in [9.17, 15) is 12.8 Å². The number of hydrogen-bond acceptors (Lipinski definition) is 5. The first-order valence-electron chi connectivity index (χ1n) is 6.49. The molecule has 1 aromatic carbocycles. The molecule has 0 unspecified atom stereocenters. The zero-order valence-electron chi connectivity index (χ0n) is 11.0. The van der Waals surface area contributed by atoms with E-state index in [4.69, 9.17) is 0 Å². The van der Waals surface area contributed by atoms with Crippen molar-refractivity contribution in [2.75, 3.05) is 4.72 Å². The summed E-state index contributed by atoms with van der Waals surface area (Å²) in [6.07, 6.45) is 3.69. The molecule has 1 fully saturated rings. The molecule has 2 N–H and O–H groups in total. The number of rotatable bonds is 6. The van der Waals surface area contributed by atoms with Crippen LogP contribution >= 0.6 is 11.3 Å². The lowest BCUT2D eigenvalue weighted by Crippen LogP contribution is -2.18. The van der Waals surface area contributed by atoms with Crippen LogP contribution in [-0.2, 0) is 16.6 Å². The molecule has 1 aliphatic carbocycles. The van der Waals surface area contributed by atoms with Gasteiger partial charge in [-0.05, 0) is 31.0 Å². The van der Waals surface area contributed by atoms with E-state index in [2.05, 4.69) is 15.0 Å². The quantitative estimate of drug-likeness (QED) is 0.854. The fraction of sp³-hybridized carbons (Fsp3) is 0.308. The molecule has 1 heterocycles. The molecule has 0 aliphatic heterocycles. The molecule has 0 radical (unpaired) electrons. The van der Waals surface area contributed by atoms with E-state index in [0.29, 0.717) is 18.2 Å². The van der Waals surface area contributed by atoms with Gasteiger partial charge < -0.3 is 5.32 Å². The monoisotopic (exact) mass is 327 g/mol.